The van der Waals surface area contributed by atoms with Crippen LogP contribution < -0.4 is 11.5 Å². The summed E-state index contributed by atoms with van der Waals surface area (Å²) < 4.78 is 0. The number of nitrogens with zero attached hydrogens (tertiary/aromatic N) is 1. The van der Waals surface area contributed by atoms with Gasteiger partial charge in [-0.2, -0.15) is 0 Å². The predicted octanol–water partition coefficient (Wildman–Crippen LogP) is -0.133. The molecule has 0 spiro atoms. The predicted molar refractivity (Wildman–Crippen MR) is 45.6 cm³/mol. The topological polar surface area (TPSA) is 82.0 Å². The lowest BCUT2D eigenvalue weighted by Crippen LogP contribution is -2.19. The third kappa shape index (κ3) is 2.09. The maximum absolute atomic E-state index is 10.5. The van der Waals surface area contributed by atoms with Crippen molar-refractivity contribution in [3.8, 4) is 0 Å². The Kier molecular flexibility index (Phi) is 2.42. The van der Waals surface area contributed by atoms with Crippen LogP contribution in [0.1, 0.15) is 5.56 Å². The largest absolute Gasteiger partial charge is 0.394 e. The molecule has 0 aliphatic rings. The monoisotopic (exact) mass is 163 g/mol. The number of aromatic nitrogens is 1. The van der Waals surface area contributed by atoms with E-state index in [2.05, 4.69) is 4.98 Å². The summed E-state index contributed by atoms with van der Waals surface area (Å²) in [6.07, 6.45) is 4.71. The molecule has 12 heavy (non-hydrogen) atoms. The molecule has 1 heterocycles. The van der Waals surface area contributed by atoms with E-state index in [0.29, 0.717) is 0 Å². The second-order valence-electron chi connectivity index (χ2n) is 2.25. The summed E-state index contributed by atoms with van der Waals surface area (Å²) in [6, 6.07) is 3.53. The molecule has 0 bridgehead atoms. The minimum atomic E-state index is -0.626. The Balaban J connectivity index is 2.89. The number of hydrogen-bond donors (Lipinski definition) is 2. The summed E-state index contributed by atoms with van der Waals surface area (Å²) in [4.78, 5) is 14.4. The molecule has 0 fully saturated rings. The van der Waals surface area contributed by atoms with E-state index in [1.807, 2.05) is 0 Å². The van der Waals surface area contributed by atoms with Gasteiger partial charge in [0.1, 0.15) is 0 Å². The summed E-state index contributed by atoms with van der Waals surface area (Å²) in [6.45, 7) is 0. The first-order valence-corrected chi connectivity index (χ1v) is 3.37. The Morgan fingerprint density at radius 1 is 1.50 bits per heavy atom. The highest BCUT2D eigenvalue weighted by molar-refractivity contribution is 5.95. The van der Waals surface area contributed by atoms with Gasteiger partial charge in [-0.15, -0.1) is 0 Å². The zero-order valence-corrected chi connectivity index (χ0v) is 6.40. The number of nitrogens with two attached hydrogens (primary N) is 2. The molecule has 4 heteroatoms. The van der Waals surface area contributed by atoms with Crippen LogP contribution in [0, 0.1) is 0 Å². The molecule has 1 rings (SSSR count). The van der Waals surface area contributed by atoms with E-state index in [-0.39, 0.29) is 5.70 Å². The number of pyridine rings is 1. The first-order chi connectivity index (χ1) is 5.70. The van der Waals surface area contributed by atoms with E-state index in [1.54, 1.807) is 24.5 Å². The van der Waals surface area contributed by atoms with Gasteiger partial charge in [-0.25, -0.2) is 0 Å². The van der Waals surface area contributed by atoms with Gasteiger partial charge in [-0.1, -0.05) is 6.07 Å². The number of carbonyl (C=O) groups excluding carboxylic acids is 1. The van der Waals surface area contributed by atoms with Crippen molar-refractivity contribution >= 4 is 12.0 Å². The number of amides is 1. The van der Waals surface area contributed by atoms with Gasteiger partial charge in [-0.3, -0.25) is 9.78 Å². The molecule has 1 aromatic rings. The maximum atomic E-state index is 10.5. The minimum Gasteiger partial charge on any atom is -0.394 e. The third-order valence-electron chi connectivity index (χ3n) is 1.29. The van der Waals surface area contributed by atoms with Crippen molar-refractivity contribution in [3.05, 3.63) is 35.8 Å². The first-order valence-electron chi connectivity index (χ1n) is 3.37. The number of carbonyl (C=O) groups is 1. The SMILES string of the molecule is NC(=O)/C(N)=C/c1cccnc1. The fourth-order valence-electron chi connectivity index (χ4n) is 0.712. The van der Waals surface area contributed by atoms with Crippen LogP contribution in [0.3, 0.4) is 0 Å². The average Bonchev–Trinajstić information content (AvgIpc) is 2.06. The summed E-state index contributed by atoms with van der Waals surface area (Å²) in [5, 5.41) is 0. The summed E-state index contributed by atoms with van der Waals surface area (Å²) in [5.74, 6) is -0.626. The summed E-state index contributed by atoms with van der Waals surface area (Å²) >= 11 is 0. The Bertz CT molecular complexity index is 305. The van der Waals surface area contributed by atoms with Gasteiger partial charge < -0.3 is 11.5 Å². The molecule has 0 radical (unpaired) electrons. The van der Waals surface area contributed by atoms with E-state index >= 15 is 0 Å². The van der Waals surface area contributed by atoms with E-state index in [1.165, 1.54) is 6.08 Å². The lowest BCUT2D eigenvalue weighted by atomic mass is 10.2. The summed E-state index contributed by atoms with van der Waals surface area (Å²) in [5.41, 5.74) is 11.0. The number of hydrogen-bond acceptors (Lipinski definition) is 3. The zero-order valence-electron chi connectivity index (χ0n) is 6.40. The van der Waals surface area contributed by atoms with Crippen molar-refractivity contribution in [1.82, 2.24) is 4.98 Å². The van der Waals surface area contributed by atoms with Gasteiger partial charge in [0.05, 0.1) is 5.70 Å². The van der Waals surface area contributed by atoms with Crippen LogP contribution in [0.4, 0.5) is 0 Å². The lowest BCUT2D eigenvalue weighted by Gasteiger charge is -1.94. The van der Waals surface area contributed by atoms with Crippen LogP contribution >= 0.6 is 0 Å². The van der Waals surface area contributed by atoms with Crippen molar-refractivity contribution < 1.29 is 4.79 Å². The molecule has 0 saturated heterocycles. The molecule has 0 unspecified atom stereocenters. The molecule has 1 amide bonds. The smallest absolute Gasteiger partial charge is 0.264 e. The molecule has 0 atom stereocenters. The van der Waals surface area contributed by atoms with Gasteiger partial charge in [0.25, 0.3) is 5.91 Å². The van der Waals surface area contributed by atoms with Crippen LogP contribution in [-0.4, -0.2) is 10.9 Å². The van der Waals surface area contributed by atoms with Crippen molar-refractivity contribution in [2.75, 3.05) is 0 Å². The van der Waals surface area contributed by atoms with E-state index in [4.69, 9.17) is 11.5 Å². The second kappa shape index (κ2) is 3.52. The molecule has 0 aliphatic heterocycles. The normalized spacial score (nSPS) is 11.2. The highest BCUT2D eigenvalue weighted by Crippen LogP contribution is 2.00. The molecule has 0 saturated carbocycles. The second-order valence-corrected chi connectivity index (χ2v) is 2.25. The van der Waals surface area contributed by atoms with Crippen molar-refractivity contribution in [1.29, 1.82) is 0 Å². The van der Waals surface area contributed by atoms with E-state index in [9.17, 15) is 4.79 Å². The molecular weight excluding hydrogens is 154 g/mol. The highest BCUT2D eigenvalue weighted by atomic mass is 16.1. The average molecular weight is 163 g/mol. The third-order valence-corrected chi connectivity index (χ3v) is 1.29. The van der Waals surface area contributed by atoms with Crippen LogP contribution in [0.15, 0.2) is 30.2 Å². The minimum absolute atomic E-state index is 0.0306. The van der Waals surface area contributed by atoms with Crippen molar-refractivity contribution in [2.45, 2.75) is 0 Å². The van der Waals surface area contributed by atoms with Crippen LogP contribution in [0.25, 0.3) is 6.08 Å². The molecule has 62 valence electrons. The fraction of sp³-hybridized carbons (Fsp3) is 0. The van der Waals surface area contributed by atoms with Crippen molar-refractivity contribution in [3.63, 3.8) is 0 Å². The van der Waals surface area contributed by atoms with Crippen LogP contribution in [0.2, 0.25) is 0 Å². The van der Waals surface area contributed by atoms with E-state index < -0.39 is 5.91 Å². The standard InChI is InChI=1S/C8H9N3O/c9-7(8(10)12)4-6-2-1-3-11-5-6/h1-5H,9H2,(H2,10,12)/b7-4-. The van der Waals surface area contributed by atoms with Gasteiger partial charge in [0.2, 0.25) is 0 Å². The zero-order chi connectivity index (χ0) is 8.97. The van der Waals surface area contributed by atoms with Crippen LogP contribution in [-0.2, 0) is 4.79 Å². The summed E-state index contributed by atoms with van der Waals surface area (Å²) in [7, 11) is 0. The quantitative estimate of drug-likeness (QED) is 0.595. The molecule has 4 nitrogen and oxygen atoms in total. The highest BCUT2D eigenvalue weighted by Gasteiger charge is 1.97. The Labute approximate surface area is 69.9 Å². The molecular formula is C8H9N3O. The Morgan fingerprint density at radius 3 is 2.75 bits per heavy atom. The number of rotatable bonds is 2. The molecule has 4 N–H and O–H groups in total. The van der Waals surface area contributed by atoms with Gasteiger partial charge >= 0.3 is 0 Å². The van der Waals surface area contributed by atoms with Gasteiger partial charge in [-0.05, 0) is 17.7 Å². The molecule has 1 aromatic heterocycles. The first kappa shape index (κ1) is 8.26. The maximum Gasteiger partial charge on any atom is 0.264 e. The van der Waals surface area contributed by atoms with Gasteiger partial charge in [0, 0.05) is 12.4 Å². The molecule has 0 aromatic carbocycles. The van der Waals surface area contributed by atoms with Crippen molar-refractivity contribution in [2.24, 2.45) is 11.5 Å². The van der Waals surface area contributed by atoms with Crippen LogP contribution in [0.5, 0.6) is 0 Å². The lowest BCUT2D eigenvalue weighted by molar-refractivity contribution is -0.114. The fourth-order valence-corrected chi connectivity index (χ4v) is 0.712. The Hall–Kier alpha value is -1.84. The van der Waals surface area contributed by atoms with E-state index in [0.717, 1.165) is 5.56 Å². The number of primary amides is 1. The van der Waals surface area contributed by atoms with Gasteiger partial charge in [0.15, 0.2) is 0 Å². The Morgan fingerprint density at radius 2 is 2.25 bits per heavy atom. The molecule has 0 aliphatic carbocycles.